The number of aliphatic hydroxyl groups excluding tert-OH is 1. The molecule has 2 heterocycles. The molecule has 0 unspecified atom stereocenters. The first-order chi connectivity index (χ1) is 10.2. The summed E-state index contributed by atoms with van der Waals surface area (Å²) in [6.07, 6.45) is 2.82. The van der Waals surface area contributed by atoms with E-state index in [2.05, 4.69) is 4.98 Å². The second kappa shape index (κ2) is 6.10. The maximum atomic E-state index is 12.2. The first-order valence-corrected chi connectivity index (χ1v) is 7.18. The Balaban J connectivity index is 1.63. The highest BCUT2D eigenvalue weighted by atomic mass is 16.3. The standard InChI is InChI=1S/C16H18N2O3/c19-14-6-8-18(9-7-14)15(20)10-13-11-21-16(17-13)12-4-2-1-3-5-12/h1-5,11,14,19H,6-10H2. The van der Waals surface area contributed by atoms with Gasteiger partial charge >= 0.3 is 0 Å². The van der Waals surface area contributed by atoms with E-state index in [4.69, 9.17) is 4.42 Å². The summed E-state index contributed by atoms with van der Waals surface area (Å²) in [5.41, 5.74) is 1.54. The molecule has 0 radical (unpaired) electrons. The molecule has 110 valence electrons. The molecule has 1 amide bonds. The molecule has 1 N–H and O–H groups in total. The lowest BCUT2D eigenvalue weighted by atomic mass is 10.1. The van der Waals surface area contributed by atoms with Crippen molar-refractivity contribution in [1.29, 1.82) is 0 Å². The minimum atomic E-state index is -0.272. The average molecular weight is 286 g/mol. The van der Waals surface area contributed by atoms with Crippen LogP contribution in [0.2, 0.25) is 0 Å². The second-order valence-electron chi connectivity index (χ2n) is 5.30. The van der Waals surface area contributed by atoms with E-state index in [1.807, 2.05) is 30.3 Å². The Bertz CT molecular complexity index is 601. The molecule has 0 atom stereocenters. The summed E-state index contributed by atoms with van der Waals surface area (Å²) in [7, 11) is 0. The Morgan fingerprint density at radius 1 is 1.29 bits per heavy atom. The third kappa shape index (κ3) is 3.31. The summed E-state index contributed by atoms with van der Waals surface area (Å²) in [5, 5.41) is 9.46. The van der Waals surface area contributed by atoms with Crippen molar-refractivity contribution in [2.24, 2.45) is 0 Å². The zero-order valence-electron chi connectivity index (χ0n) is 11.7. The molecule has 0 bridgehead atoms. The molecule has 1 aromatic carbocycles. The Labute approximate surface area is 123 Å². The van der Waals surface area contributed by atoms with Gasteiger partial charge in [-0.25, -0.2) is 4.98 Å². The number of carbonyl (C=O) groups excluding carboxylic acids is 1. The number of rotatable bonds is 3. The number of amides is 1. The number of hydrogen-bond donors (Lipinski definition) is 1. The summed E-state index contributed by atoms with van der Waals surface area (Å²) in [5.74, 6) is 0.572. The molecule has 1 aliphatic rings. The average Bonchev–Trinajstić information content (AvgIpc) is 2.97. The van der Waals surface area contributed by atoms with Crippen LogP contribution in [0.25, 0.3) is 11.5 Å². The monoisotopic (exact) mass is 286 g/mol. The molecule has 5 nitrogen and oxygen atoms in total. The molecule has 0 spiro atoms. The van der Waals surface area contributed by atoms with Crippen molar-refractivity contribution >= 4 is 5.91 Å². The first kappa shape index (κ1) is 13.8. The molecule has 1 aliphatic heterocycles. The fourth-order valence-corrected chi connectivity index (χ4v) is 2.48. The molecular formula is C16H18N2O3. The lowest BCUT2D eigenvalue weighted by Gasteiger charge is -2.29. The maximum absolute atomic E-state index is 12.2. The van der Waals surface area contributed by atoms with Gasteiger partial charge in [-0.05, 0) is 25.0 Å². The van der Waals surface area contributed by atoms with E-state index in [9.17, 15) is 9.90 Å². The zero-order chi connectivity index (χ0) is 14.7. The number of nitrogens with zero attached hydrogens (tertiary/aromatic N) is 2. The Morgan fingerprint density at radius 2 is 2.00 bits per heavy atom. The number of benzene rings is 1. The fraction of sp³-hybridized carbons (Fsp3) is 0.375. The first-order valence-electron chi connectivity index (χ1n) is 7.18. The third-order valence-electron chi connectivity index (χ3n) is 3.72. The third-order valence-corrected chi connectivity index (χ3v) is 3.72. The molecule has 3 rings (SSSR count). The molecule has 21 heavy (non-hydrogen) atoms. The van der Waals surface area contributed by atoms with Crippen molar-refractivity contribution < 1.29 is 14.3 Å². The van der Waals surface area contributed by atoms with Crippen LogP contribution in [0.4, 0.5) is 0 Å². The van der Waals surface area contributed by atoms with E-state index in [1.165, 1.54) is 0 Å². The van der Waals surface area contributed by atoms with Crippen LogP contribution >= 0.6 is 0 Å². The van der Waals surface area contributed by atoms with E-state index in [0.29, 0.717) is 37.5 Å². The highest BCUT2D eigenvalue weighted by molar-refractivity contribution is 5.78. The van der Waals surface area contributed by atoms with Gasteiger partial charge in [-0.2, -0.15) is 0 Å². The quantitative estimate of drug-likeness (QED) is 0.935. The largest absolute Gasteiger partial charge is 0.444 e. The normalized spacial score (nSPS) is 16.1. The van der Waals surface area contributed by atoms with Gasteiger partial charge in [0.25, 0.3) is 0 Å². The van der Waals surface area contributed by atoms with Crippen molar-refractivity contribution in [3.8, 4) is 11.5 Å². The number of aromatic nitrogens is 1. The number of piperidine rings is 1. The molecule has 1 saturated heterocycles. The maximum Gasteiger partial charge on any atom is 0.228 e. The van der Waals surface area contributed by atoms with Gasteiger partial charge in [-0.15, -0.1) is 0 Å². The van der Waals surface area contributed by atoms with Crippen LogP contribution in [0.1, 0.15) is 18.5 Å². The topological polar surface area (TPSA) is 66.6 Å². The molecule has 5 heteroatoms. The van der Waals surface area contributed by atoms with Crippen LogP contribution in [0.3, 0.4) is 0 Å². The summed E-state index contributed by atoms with van der Waals surface area (Å²) in [6, 6.07) is 9.61. The van der Waals surface area contributed by atoms with Gasteiger partial charge in [-0.1, -0.05) is 18.2 Å². The van der Waals surface area contributed by atoms with Gasteiger partial charge < -0.3 is 14.4 Å². The smallest absolute Gasteiger partial charge is 0.228 e. The van der Waals surface area contributed by atoms with Crippen LogP contribution in [-0.4, -0.2) is 40.1 Å². The van der Waals surface area contributed by atoms with Crippen LogP contribution in [0, 0.1) is 0 Å². The summed E-state index contributed by atoms with van der Waals surface area (Å²) >= 11 is 0. The van der Waals surface area contributed by atoms with Crippen LogP contribution in [-0.2, 0) is 11.2 Å². The molecule has 1 fully saturated rings. The van der Waals surface area contributed by atoms with Gasteiger partial charge in [0.15, 0.2) is 0 Å². The molecule has 1 aromatic heterocycles. The van der Waals surface area contributed by atoms with Crippen LogP contribution in [0.5, 0.6) is 0 Å². The van der Waals surface area contributed by atoms with E-state index >= 15 is 0 Å². The van der Waals surface area contributed by atoms with Gasteiger partial charge in [0.2, 0.25) is 11.8 Å². The van der Waals surface area contributed by atoms with Crippen molar-refractivity contribution in [3.63, 3.8) is 0 Å². The number of hydrogen-bond acceptors (Lipinski definition) is 4. The number of likely N-dealkylation sites (tertiary alicyclic amines) is 1. The van der Waals surface area contributed by atoms with Crippen LogP contribution in [0.15, 0.2) is 41.0 Å². The number of carbonyl (C=O) groups is 1. The Morgan fingerprint density at radius 3 is 2.71 bits per heavy atom. The van der Waals surface area contributed by atoms with Crippen molar-refractivity contribution in [2.45, 2.75) is 25.4 Å². The Kier molecular flexibility index (Phi) is 4.01. The summed E-state index contributed by atoms with van der Waals surface area (Å²) in [6.45, 7) is 1.23. The number of oxazole rings is 1. The molecule has 0 saturated carbocycles. The summed E-state index contributed by atoms with van der Waals surface area (Å²) < 4.78 is 5.43. The zero-order valence-corrected chi connectivity index (χ0v) is 11.7. The minimum absolute atomic E-state index is 0.0369. The SMILES string of the molecule is O=C(Cc1coc(-c2ccccc2)n1)N1CCC(O)CC1. The second-order valence-corrected chi connectivity index (χ2v) is 5.30. The van der Waals surface area contributed by atoms with Gasteiger partial charge in [0.1, 0.15) is 6.26 Å². The molecular weight excluding hydrogens is 268 g/mol. The molecule has 0 aliphatic carbocycles. The fourth-order valence-electron chi connectivity index (χ4n) is 2.48. The highest BCUT2D eigenvalue weighted by Crippen LogP contribution is 2.19. The predicted molar refractivity (Wildman–Crippen MR) is 77.5 cm³/mol. The number of aliphatic hydroxyl groups is 1. The van der Waals surface area contributed by atoms with E-state index in [0.717, 1.165) is 5.56 Å². The van der Waals surface area contributed by atoms with Gasteiger partial charge in [0, 0.05) is 18.7 Å². The van der Waals surface area contributed by atoms with Crippen molar-refractivity contribution in [1.82, 2.24) is 9.88 Å². The lowest BCUT2D eigenvalue weighted by molar-refractivity contribution is -0.132. The highest BCUT2D eigenvalue weighted by Gasteiger charge is 2.22. The predicted octanol–water partition coefficient (Wildman–Crippen LogP) is 1.87. The minimum Gasteiger partial charge on any atom is -0.444 e. The van der Waals surface area contributed by atoms with Crippen LogP contribution < -0.4 is 0 Å². The lowest BCUT2D eigenvalue weighted by Crippen LogP contribution is -2.40. The Hall–Kier alpha value is -2.14. The van der Waals surface area contributed by atoms with Crippen molar-refractivity contribution in [3.05, 3.63) is 42.3 Å². The van der Waals surface area contributed by atoms with E-state index < -0.39 is 0 Å². The summed E-state index contributed by atoms with van der Waals surface area (Å²) in [4.78, 5) is 18.3. The van der Waals surface area contributed by atoms with Gasteiger partial charge in [-0.3, -0.25) is 4.79 Å². The van der Waals surface area contributed by atoms with Crippen molar-refractivity contribution in [2.75, 3.05) is 13.1 Å². The van der Waals surface area contributed by atoms with E-state index in [1.54, 1.807) is 11.2 Å². The van der Waals surface area contributed by atoms with Gasteiger partial charge in [0.05, 0.1) is 18.2 Å². The van der Waals surface area contributed by atoms with E-state index in [-0.39, 0.29) is 18.4 Å². The molecule has 2 aromatic rings.